The Balaban J connectivity index is 1.33. The van der Waals surface area contributed by atoms with Gasteiger partial charge in [-0.3, -0.25) is 9.59 Å². The molecule has 1 saturated heterocycles. The topological polar surface area (TPSA) is 115 Å². The van der Waals surface area contributed by atoms with Crippen molar-refractivity contribution in [2.75, 3.05) is 60.6 Å². The number of carbonyl (C=O) groups is 1. The number of amides is 1. The average molecular weight is 518 g/mol. The van der Waals surface area contributed by atoms with Crippen LogP contribution in [0.25, 0.3) is 0 Å². The van der Waals surface area contributed by atoms with E-state index in [4.69, 9.17) is 4.74 Å². The molecular weight excluding hydrogens is 482 g/mol. The quantitative estimate of drug-likeness (QED) is 0.392. The standard InChI is InChI=1S/C28H35N7O3/c1-17(2)23-16-30-25-18(3)22(15-31-28(25)38-23)33-21-9-10-29-26(36)24(21)27(37)32-19-5-7-20(8-6-19)35-13-11-34(4)12-14-35/h5-10,15,17,23,30H,11-14,16H2,1-4H3,(H,32,37)(H2,29,33,36). The van der Waals surface area contributed by atoms with Crippen LogP contribution in [0.1, 0.15) is 29.8 Å². The van der Waals surface area contributed by atoms with E-state index in [0.29, 0.717) is 35.4 Å². The van der Waals surface area contributed by atoms with Crippen LogP contribution in [0.15, 0.2) is 47.5 Å². The number of aromatic amines is 1. The molecule has 0 radical (unpaired) electrons. The molecule has 5 rings (SSSR count). The number of piperazine rings is 1. The second-order valence-electron chi connectivity index (χ2n) is 10.3. The molecule has 1 amide bonds. The maximum absolute atomic E-state index is 13.3. The molecule has 0 saturated carbocycles. The highest BCUT2D eigenvalue weighted by Crippen LogP contribution is 2.36. The number of ether oxygens (including phenoxy) is 1. The van der Waals surface area contributed by atoms with Crippen LogP contribution in [0.4, 0.5) is 28.4 Å². The molecule has 200 valence electrons. The molecule has 0 spiro atoms. The minimum atomic E-state index is -0.494. The fourth-order valence-corrected chi connectivity index (χ4v) is 4.73. The summed E-state index contributed by atoms with van der Waals surface area (Å²) in [5.41, 5.74) is 4.02. The van der Waals surface area contributed by atoms with Gasteiger partial charge in [0.2, 0.25) is 5.88 Å². The number of H-pyrrole nitrogens is 1. The predicted molar refractivity (Wildman–Crippen MR) is 151 cm³/mol. The molecule has 1 unspecified atom stereocenters. The van der Waals surface area contributed by atoms with Gasteiger partial charge in [-0.05, 0) is 50.2 Å². The van der Waals surface area contributed by atoms with Crippen LogP contribution in [-0.4, -0.2) is 66.7 Å². The van der Waals surface area contributed by atoms with Gasteiger partial charge in [0.05, 0.1) is 24.1 Å². The minimum Gasteiger partial charge on any atom is -0.471 e. The van der Waals surface area contributed by atoms with Gasteiger partial charge in [-0.25, -0.2) is 4.98 Å². The molecule has 2 aromatic heterocycles. The third-order valence-corrected chi connectivity index (χ3v) is 7.24. The first kappa shape index (κ1) is 25.6. The molecule has 1 aromatic carbocycles. The fraction of sp³-hybridized carbons (Fsp3) is 0.393. The van der Waals surface area contributed by atoms with Gasteiger partial charge in [-0.1, -0.05) is 13.8 Å². The average Bonchev–Trinajstić information content (AvgIpc) is 2.91. The van der Waals surface area contributed by atoms with Crippen molar-refractivity contribution >= 4 is 34.3 Å². The zero-order chi connectivity index (χ0) is 26.8. The number of nitrogens with zero attached hydrogens (tertiary/aromatic N) is 3. The van der Waals surface area contributed by atoms with E-state index in [9.17, 15) is 9.59 Å². The number of anilines is 5. The molecule has 1 atom stereocenters. The lowest BCUT2D eigenvalue weighted by Crippen LogP contribution is -2.44. The van der Waals surface area contributed by atoms with Crippen LogP contribution in [0.2, 0.25) is 0 Å². The van der Waals surface area contributed by atoms with Crippen molar-refractivity contribution in [3.63, 3.8) is 0 Å². The van der Waals surface area contributed by atoms with E-state index in [1.54, 1.807) is 12.3 Å². The second kappa shape index (κ2) is 10.7. The number of pyridine rings is 2. The van der Waals surface area contributed by atoms with E-state index in [1.807, 2.05) is 31.2 Å². The molecule has 3 aromatic rings. The van der Waals surface area contributed by atoms with E-state index in [-0.39, 0.29) is 11.7 Å². The van der Waals surface area contributed by atoms with Gasteiger partial charge >= 0.3 is 0 Å². The predicted octanol–water partition coefficient (Wildman–Crippen LogP) is 3.65. The van der Waals surface area contributed by atoms with Crippen LogP contribution in [0.5, 0.6) is 5.88 Å². The summed E-state index contributed by atoms with van der Waals surface area (Å²) in [7, 11) is 2.13. The molecule has 0 bridgehead atoms. The van der Waals surface area contributed by atoms with Crippen molar-refractivity contribution in [3.05, 3.63) is 64.2 Å². The normalized spacial score (nSPS) is 17.4. The van der Waals surface area contributed by atoms with Gasteiger partial charge < -0.3 is 35.5 Å². The SMILES string of the molecule is Cc1c(Nc2cc[nH]c(=O)c2C(=O)Nc2ccc(N3CCN(C)CC3)cc2)cnc2c1NCC(C(C)C)O2. The maximum Gasteiger partial charge on any atom is 0.263 e. The summed E-state index contributed by atoms with van der Waals surface area (Å²) in [5.74, 6) is 0.420. The van der Waals surface area contributed by atoms with Crippen LogP contribution >= 0.6 is 0 Å². The van der Waals surface area contributed by atoms with Gasteiger partial charge in [0, 0.05) is 49.3 Å². The molecule has 0 aliphatic carbocycles. The van der Waals surface area contributed by atoms with E-state index in [2.05, 4.69) is 56.6 Å². The van der Waals surface area contributed by atoms with Crippen molar-refractivity contribution in [1.82, 2.24) is 14.9 Å². The van der Waals surface area contributed by atoms with Crippen molar-refractivity contribution in [2.45, 2.75) is 26.9 Å². The first-order chi connectivity index (χ1) is 18.3. The van der Waals surface area contributed by atoms with E-state index in [0.717, 1.165) is 43.1 Å². The highest BCUT2D eigenvalue weighted by molar-refractivity contribution is 6.08. The molecule has 2 aliphatic rings. The Bertz CT molecular complexity index is 1360. The molecule has 4 heterocycles. The number of likely N-dealkylation sites (N-methyl/N-ethyl adjacent to an activating group) is 1. The Morgan fingerprint density at radius 3 is 2.55 bits per heavy atom. The summed E-state index contributed by atoms with van der Waals surface area (Å²) in [4.78, 5) is 37.7. The summed E-state index contributed by atoms with van der Waals surface area (Å²) < 4.78 is 6.05. The molecule has 10 nitrogen and oxygen atoms in total. The van der Waals surface area contributed by atoms with Gasteiger partial charge in [-0.15, -0.1) is 0 Å². The Morgan fingerprint density at radius 2 is 1.84 bits per heavy atom. The van der Waals surface area contributed by atoms with Gasteiger partial charge in [0.1, 0.15) is 17.4 Å². The molecule has 1 fully saturated rings. The number of rotatable bonds is 6. The van der Waals surface area contributed by atoms with Crippen molar-refractivity contribution in [1.29, 1.82) is 0 Å². The maximum atomic E-state index is 13.3. The van der Waals surface area contributed by atoms with E-state index in [1.165, 1.54) is 6.20 Å². The summed E-state index contributed by atoms with van der Waals surface area (Å²) in [6, 6.07) is 9.39. The van der Waals surface area contributed by atoms with E-state index < -0.39 is 11.5 Å². The summed E-state index contributed by atoms with van der Waals surface area (Å²) in [6.45, 7) is 10.8. The third-order valence-electron chi connectivity index (χ3n) is 7.24. The van der Waals surface area contributed by atoms with Gasteiger partial charge in [0.25, 0.3) is 11.5 Å². The third kappa shape index (κ3) is 5.31. The Labute approximate surface area is 222 Å². The van der Waals surface area contributed by atoms with Crippen molar-refractivity contribution < 1.29 is 9.53 Å². The Hall–Kier alpha value is -4.05. The minimum absolute atomic E-state index is 0.00292. The second-order valence-corrected chi connectivity index (χ2v) is 10.3. The number of aromatic nitrogens is 2. The molecule has 4 N–H and O–H groups in total. The lowest BCUT2D eigenvalue weighted by molar-refractivity contribution is 0.102. The summed E-state index contributed by atoms with van der Waals surface area (Å²) >= 11 is 0. The van der Waals surface area contributed by atoms with Crippen LogP contribution in [-0.2, 0) is 0 Å². The number of hydrogen-bond donors (Lipinski definition) is 4. The number of hydrogen-bond acceptors (Lipinski definition) is 8. The lowest BCUT2D eigenvalue weighted by atomic mass is 10.1. The Morgan fingerprint density at radius 1 is 1.11 bits per heavy atom. The Kier molecular flexibility index (Phi) is 7.24. The highest BCUT2D eigenvalue weighted by atomic mass is 16.5. The lowest BCUT2D eigenvalue weighted by Gasteiger charge is -2.34. The van der Waals surface area contributed by atoms with Crippen LogP contribution in [0.3, 0.4) is 0 Å². The van der Waals surface area contributed by atoms with Gasteiger partial charge in [0.15, 0.2) is 0 Å². The summed E-state index contributed by atoms with van der Waals surface area (Å²) in [6.07, 6.45) is 3.23. The first-order valence-electron chi connectivity index (χ1n) is 13.0. The van der Waals surface area contributed by atoms with Gasteiger partial charge in [-0.2, -0.15) is 0 Å². The highest BCUT2D eigenvalue weighted by Gasteiger charge is 2.26. The van der Waals surface area contributed by atoms with Crippen molar-refractivity contribution in [2.24, 2.45) is 5.92 Å². The van der Waals surface area contributed by atoms with Crippen molar-refractivity contribution in [3.8, 4) is 5.88 Å². The molecule has 10 heteroatoms. The number of nitrogens with one attached hydrogen (secondary N) is 4. The number of benzene rings is 1. The van der Waals surface area contributed by atoms with Crippen LogP contribution < -0.4 is 31.1 Å². The summed E-state index contributed by atoms with van der Waals surface area (Å²) in [5, 5.41) is 9.53. The zero-order valence-corrected chi connectivity index (χ0v) is 22.3. The van der Waals surface area contributed by atoms with Crippen LogP contribution in [0, 0.1) is 12.8 Å². The molecule has 38 heavy (non-hydrogen) atoms. The van der Waals surface area contributed by atoms with E-state index >= 15 is 0 Å². The first-order valence-corrected chi connectivity index (χ1v) is 13.0. The number of fused-ring (bicyclic) bond motifs is 1. The fourth-order valence-electron chi connectivity index (χ4n) is 4.73. The smallest absolute Gasteiger partial charge is 0.263 e. The number of carbonyl (C=O) groups excluding carboxylic acids is 1. The zero-order valence-electron chi connectivity index (χ0n) is 22.3. The molecule has 2 aliphatic heterocycles. The molecular formula is C28H35N7O3. The largest absolute Gasteiger partial charge is 0.471 e. The monoisotopic (exact) mass is 517 g/mol.